The van der Waals surface area contributed by atoms with E-state index in [0.29, 0.717) is 42.7 Å². The van der Waals surface area contributed by atoms with E-state index in [0.717, 1.165) is 5.56 Å². The summed E-state index contributed by atoms with van der Waals surface area (Å²) < 4.78 is 12.0. The van der Waals surface area contributed by atoms with Gasteiger partial charge in [-0.2, -0.15) is 0 Å². The summed E-state index contributed by atoms with van der Waals surface area (Å²) in [4.78, 5) is 21.9. The Kier molecular flexibility index (Phi) is 6.43. The molecule has 1 fully saturated rings. The quantitative estimate of drug-likeness (QED) is 0.451. The van der Waals surface area contributed by atoms with Crippen molar-refractivity contribution in [3.05, 3.63) is 65.6 Å². The van der Waals surface area contributed by atoms with Crippen LogP contribution in [0.1, 0.15) is 23.5 Å². The Bertz CT molecular complexity index is 1050. The Labute approximate surface area is 178 Å². The molecular weight excluding hydrogens is 402 g/mol. The zero-order valence-corrected chi connectivity index (χ0v) is 16.8. The van der Waals surface area contributed by atoms with Gasteiger partial charge in [-0.05, 0) is 22.6 Å². The molecule has 1 aliphatic rings. The van der Waals surface area contributed by atoms with Crippen molar-refractivity contribution in [3.63, 3.8) is 0 Å². The number of carbonyl (C=O) groups excluding carboxylic acids is 1. The van der Waals surface area contributed by atoms with E-state index < -0.39 is 6.09 Å². The van der Waals surface area contributed by atoms with Crippen LogP contribution in [0.25, 0.3) is 0 Å². The van der Waals surface area contributed by atoms with E-state index in [1.165, 1.54) is 4.68 Å². The van der Waals surface area contributed by atoms with E-state index >= 15 is 0 Å². The summed E-state index contributed by atoms with van der Waals surface area (Å²) >= 11 is 0. The van der Waals surface area contributed by atoms with Crippen LogP contribution >= 0.6 is 0 Å². The molecule has 31 heavy (non-hydrogen) atoms. The molecule has 1 saturated heterocycles. The molecule has 3 heterocycles. The van der Waals surface area contributed by atoms with Gasteiger partial charge in [0, 0.05) is 19.0 Å². The molecule has 0 saturated carbocycles. The van der Waals surface area contributed by atoms with Crippen molar-refractivity contribution in [1.29, 1.82) is 0 Å². The van der Waals surface area contributed by atoms with E-state index in [2.05, 4.69) is 31.0 Å². The fourth-order valence-corrected chi connectivity index (χ4v) is 2.93. The first-order chi connectivity index (χ1) is 15.2. The first-order valence-corrected chi connectivity index (χ1v) is 9.68. The lowest BCUT2D eigenvalue weighted by Crippen LogP contribution is -2.23. The average molecular weight is 423 g/mol. The molecule has 1 aliphatic heterocycles. The molecule has 3 aromatic rings. The fraction of sp³-hybridized carbons (Fsp3) is 0.300. The van der Waals surface area contributed by atoms with Crippen LogP contribution in [-0.4, -0.2) is 56.3 Å². The molecule has 1 unspecified atom stereocenters. The molecule has 1 aromatic carbocycles. The first kappa shape index (κ1) is 20.4. The SMILES string of the molecule is Cn1nnnc1C(=NOCc1cccc(NC(=O)OC2CCOC2)n1)c1ccccc1. The number of pyridine rings is 1. The molecule has 11 nitrogen and oxygen atoms in total. The fourth-order valence-electron chi connectivity index (χ4n) is 2.93. The van der Waals surface area contributed by atoms with Crippen LogP contribution < -0.4 is 5.32 Å². The lowest BCUT2D eigenvalue weighted by Gasteiger charge is -2.11. The second kappa shape index (κ2) is 9.76. The van der Waals surface area contributed by atoms with Crippen molar-refractivity contribution in [1.82, 2.24) is 25.2 Å². The van der Waals surface area contributed by atoms with Crippen LogP contribution in [0.15, 0.2) is 53.7 Å². The monoisotopic (exact) mass is 423 g/mol. The number of hydrogen-bond donors (Lipinski definition) is 1. The number of aryl methyl sites for hydroxylation is 1. The maximum absolute atomic E-state index is 12.0. The van der Waals surface area contributed by atoms with Gasteiger partial charge in [-0.25, -0.2) is 14.5 Å². The standard InChI is InChI=1S/C20H21N7O4/c1-27-19(23-25-26-27)18(14-6-3-2-4-7-14)24-30-12-15-8-5-9-17(21-15)22-20(28)31-16-10-11-29-13-16/h2-9,16H,10-13H2,1H3,(H,21,22,28). The number of benzene rings is 1. The summed E-state index contributed by atoms with van der Waals surface area (Å²) in [5.74, 6) is 0.822. The summed E-state index contributed by atoms with van der Waals surface area (Å²) in [6.45, 7) is 1.10. The van der Waals surface area contributed by atoms with E-state index in [1.54, 1.807) is 25.2 Å². The van der Waals surface area contributed by atoms with E-state index in [9.17, 15) is 4.79 Å². The van der Waals surface area contributed by atoms with Gasteiger partial charge in [0.05, 0.1) is 18.9 Å². The third kappa shape index (κ3) is 5.39. The minimum atomic E-state index is -0.569. The Hall–Kier alpha value is -3.86. The minimum absolute atomic E-state index is 0.0860. The highest BCUT2D eigenvalue weighted by Crippen LogP contribution is 2.12. The molecule has 0 spiro atoms. The van der Waals surface area contributed by atoms with Crippen molar-refractivity contribution in [3.8, 4) is 0 Å². The normalized spacial score (nSPS) is 16.2. The van der Waals surface area contributed by atoms with Gasteiger partial charge in [-0.1, -0.05) is 41.6 Å². The molecule has 0 aliphatic carbocycles. The summed E-state index contributed by atoms with van der Waals surface area (Å²) in [7, 11) is 1.72. The zero-order valence-electron chi connectivity index (χ0n) is 16.8. The maximum Gasteiger partial charge on any atom is 0.413 e. The number of anilines is 1. The van der Waals surface area contributed by atoms with Gasteiger partial charge in [0.15, 0.2) is 12.3 Å². The molecule has 0 radical (unpaired) electrons. The molecule has 0 bridgehead atoms. The van der Waals surface area contributed by atoms with Crippen LogP contribution in [0, 0.1) is 0 Å². The number of ether oxygens (including phenoxy) is 2. The lowest BCUT2D eigenvalue weighted by molar-refractivity contribution is 0.0931. The smallest absolute Gasteiger partial charge is 0.413 e. The van der Waals surface area contributed by atoms with Gasteiger partial charge in [0.1, 0.15) is 11.9 Å². The van der Waals surface area contributed by atoms with Gasteiger partial charge in [0.2, 0.25) is 5.82 Å². The highest BCUT2D eigenvalue weighted by atomic mass is 16.6. The summed E-state index contributed by atoms with van der Waals surface area (Å²) in [5.41, 5.74) is 1.88. The molecule has 1 atom stereocenters. The second-order valence-corrected chi connectivity index (χ2v) is 6.74. The maximum atomic E-state index is 12.0. The van der Waals surface area contributed by atoms with Crippen molar-refractivity contribution in [2.24, 2.45) is 12.2 Å². The molecule has 1 amide bonds. The van der Waals surface area contributed by atoms with Crippen molar-refractivity contribution in [2.45, 2.75) is 19.1 Å². The first-order valence-electron chi connectivity index (χ1n) is 9.68. The summed E-state index contributed by atoms with van der Waals surface area (Å²) in [6, 6.07) is 14.7. The largest absolute Gasteiger partial charge is 0.443 e. The lowest BCUT2D eigenvalue weighted by atomic mass is 10.1. The Balaban J connectivity index is 1.41. The molecule has 2 aromatic heterocycles. The van der Waals surface area contributed by atoms with E-state index in [4.69, 9.17) is 14.3 Å². The van der Waals surface area contributed by atoms with E-state index in [-0.39, 0.29) is 12.7 Å². The number of nitrogens with zero attached hydrogens (tertiary/aromatic N) is 6. The highest BCUT2D eigenvalue weighted by molar-refractivity contribution is 6.10. The zero-order chi connectivity index (χ0) is 21.5. The Morgan fingerprint density at radius 1 is 1.26 bits per heavy atom. The number of tetrazole rings is 1. The van der Waals surface area contributed by atoms with Crippen molar-refractivity contribution < 1.29 is 19.1 Å². The van der Waals surface area contributed by atoms with Crippen molar-refractivity contribution >= 4 is 17.6 Å². The second-order valence-electron chi connectivity index (χ2n) is 6.74. The van der Waals surface area contributed by atoms with E-state index in [1.807, 2.05) is 30.3 Å². The predicted octanol–water partition coefficient (Wildman–Crippen LogP) is 1.91. The van der Waals surface area contributed by atoms with Gasteiger partial charge in [-0.15, -0.1) is 5.10 Å². The molecular formula is C20H21N7O4. The van der Waals surface area contributed by atoms with Gasteiger partial charge in [0.25, 0.3) is 0 Å². The topological polar surface area (TPSA) is 126 Å². The number of hydrogen-bond acceptors (Lipinski definition) is 9. The molecule has 160 valence electrons. The number of oxime groups is 1. The number of aromatic nitrogens is 5. The molecule has 11 heteroatoms. The van der Waals surface area contributed by atoms with Gasteiger partial charge < -0.3 is 14.3 Å². The highest BCUT2D eigenvalue weighted by Gasteiger charge is 2.20. The van der Waals surface area contributed by atoms with Gasteiger partial charge >= 0.3 is 6.09 Å². The minimum Gasteiger partial charge on any atom is -0.443 e. The van der Waals surface area contributed by atoms with Crippen LogP contribution in [0.5, 0.6) is 0 Å². The molecule has 1 N–H and O–H groups in total. The predicted molar refractivity (Wildman–Crippen MR) is 109 cm³/mol. The number of carbonyl (C=O) groups is 1. The Morgan fingerprint density at radius 2 is 2.13 bits per heavy atom. The van der Waals surface area contributed by atoms with Crippen LogP contribution in [0.3, 0.4) is 0 Å². The molecule has 4 rings (SSSR count). The Morgan fingerprint density at radius 3 is 2.87 bits per heavy atom. The number of nitrogens with one attached hydrogen (secondary N) is 1. The number of rotatable bonds is 7. The van der Waals surface area contributed by atoms with Crippen LogP contribution in [0.4, 0.5) is 10.6 Å². The summed E-state index contributed by atoms with van der Waals surface area (Å²) in [5, 5.41) is 18.4. The third-order valence-corrected chi connectivity index (χ3v) is 4.45. The summed E-state index contributed by atoms with van der Waals surface area (Å²) in [6.07, 6.45) is -0.107. The van der Waals surface area contributed by atoms with Crippen LogP contribution in [0.2, 0.25) is 0 Å². The van der Waals surface area contributed by atoms with Gasteiger partial charge in [-0.3, -0.25) is 5.32 Å². The number of amides is 1. The van der Waals surface area contributed by atoms with Crippen molar-refractivity contribution in [2.75, 3.05) is 18.5 Å². The van der Waals surface area contributed by atoms with Crippen LogP contribution in [-0.2, 0) is 28.0 Å². The average Bonchev–Trinajstić information content (AvgIpc) is 3.44. The third-order valence-electron chi connectivity index (χ3n) is 4.45.